The van der Waals surface area contributed by atoms with Crippen LogP contribution in [0.15, 0.2) is 235 Å². The highest BCUT2D eigenvalue weighted by molar-refractivity contribution is 6.18. The van der Waals surface area contributed by atoms with E-state index in [2.05, 4.69) is 199 Å². The predicted molar refractivity (Wildman–Crippen MR) is 263 cm³/mol. The van der Waals surface area contributed by atoms with E-state index in [1.54, 1.807) is 0 Å². The zero-order valence-corrected chi connectivity index (χ0v) is 33.9. The molecule has 0 fully saturated rings. The van der Waals surface area contributed by atoms with Gasteiger partial charge in [0.25, 0.3) is 0 Å². The largest absolute Gasteiger partial charge is 0.464 e. The number of fused-ring (bicyclic) bond motifs is 9. The third-order valence-corrected chi connectivity index (χ3v) is 11.9. The Kier molecular flexibility index (Phi) is 9.10. The van der Waals surface area contributed by atoms with E-state index < -0.39 is 0 Å². The summed E-state index contributed by atoms with van der Waals surface area (Å²) < 4.78 is 15.1. The molecular formula is C58H40N2O2. The number of hydrogen-bond acceptors (Lipinski definition) is 3. The molecule has 62 heavy (non-hydrogen) atoms. The number of nitrogens with zero attached hydrogens (tertiary/aromatic N) is 2. The fraction of sp³-hybridized carbons (Fsp3) is 0. The minimum Gasteiger partial charge on any atom is -0.464 e. The number of anilines is 2. The van der Waals surface area contributed by atoms with Gasteiger partial charge >= 0.3 is 0 Å². The van der Waals surface area contributed by atoms with E-state index in [9.17, 15) is 0 Å². The second-order valence-corrected chi connectivity index (χ2v) is 15.4. The molecule has 0 aliphatic rings. The van der Waals surface area contributed by atoms with Crippen molar-refractivity contribution in [3.8, 4) is 11.1 Å². The molecule has 0 aliphatic heterocycles. The summed E-state index contributed by atoms with van der Waals surface area (Å²) in [6.07, 6.45) is 14.1. The molecule has 0 spiro atoms. The van der Waals surface area contributed by atoms with E-state index in [1.807, 2.05) is 42.7 Å². The van der Waals surface area contributed by atoms with Crippen LogP contribution in [0.4, 0.5) is 11.4 Å². The van der Waals surface area contributed by atoms with Crippen molar-refractivity contribution in [1.29, 1.82) is 0 Å². The maximum Gasteiger partial charge on any atom is 0.143 e. The maximum atomic E-state index is 6.92. The van der Waals surface area contributed by atoms with Crippen LogP contribution in [0.1, 0.15) is 11.1 Å². The normalized spacial score (nSPS) is 12.5. The fourth-order valence-corrected chi connectivity index (χ4v) is 8.96. The summed E-state index contributed by atoms with van der Waals surface area (Å²) in [7, 11) is 0. The SMILES string of the molecule is C=C/C=C\C(=C\N(c1ccc(/C(C=C)=C/c2coc3ccccc23)cc1)c1ccccc1-c1cccc2c1oc1c3ccccc3ccc21)n1c2ccccc2c2ccccc21. The average Bonchev–Trinajstić information content (AvgIpc) is 4.03. The topological polar surface area (TPSA) is 34.5 Å². The Morgan fingerprint density at radius 3 is 1.97 bits per heavy atom. The predicted octanol–water partition coefficient (Wildman–Crippen LogP) is 16.4. The molecule has 0 N–H and O–H groups in total. The van der Waals surface area contributed by atoms with E-state index in [-0.39, 0.29) is 0 Å². The molecule has 0 atom stereocenters. The standard InChI is InChI=1S/C58H40N2O2/c1-3-5-18-44(60-54-27-13-9-21-47(54)48-22-10-14-28-55(48)60)37-59(43-33-30-40(31-34-43)39(4-2)36-42-38-61-56-29-15-11-19-45(42)56)53-26-12-8-23-49(53)50-24-16-25-51-52-35-32-41-17-6-7-20-46(41)57(52)62-58(50)51/h3-38H,1-2H2/b18-5-,39-36+,44-37-. The van der Waals surface area contributed by atoms with Crippen LogP contribution in [0.5, 0.6) is 0 Å². The number of para-hydroxylation sites is 5. The molecule has 0 radical (unpaired) electrons. The Balaban J connectivity index is 1.13. The molecule has 3 heterocycles. The first-order valence-corrected chi connectivity index (χ1v) is 20.8. The van der Waals surface area contributed by atoms with Crippen molar-refractivity contribution >= 4 is 94.2 Å². The highest BCUT2D eigenvalue weighted by Gasteiger charge is 2.21. The van der Waals surface area contributed by atoms with E-state index in [4.69, 9.17) is 8.83 Å². The monoisotopic (exact) mass is 796 g/mol. The van der Waals surface area contributed by atoms with Gasteiger partial charge in [0.15, 0.2) is 0 Å². The van der Waals surface area contributed by atoms with Crippen LogP contribution in [0.25, 0.3) is 94.0 Å². The molecule has 0 saturated carbocycles. The first kappa shape index (κ1) is 36.7. The van der Waals surface area contributed by atoms with Crippen molar-refractivity contribution in [2.24, 2.45) is 0 Å². The highest BCUT2D eigenvalue weighted by atomic mass is 16.3. The number of hydrogen-bond donors (Lipinski definition) is 0. The van der Waals surface area contributed by atoms with Crippen molar-refractivity contribution in [2.45, 2.75) is 0 Å². The first-order valence-electron chi connectivity index (χ1n) is 20.8. The number of allylic oxidation sites excluding steroid dienone is 6. The van der Waals surface area contributed by atoms with Crippen LogP contribution in [-0.4, -0.2) is 4.57 Å². The lowest BCUT2D eigenvalue weighted by molar-refractivity contribution is 0.615. The number of aromatic nitrogens is 1. The lowest BCUT2D eigenvalue weighted by Gasteiger charge is -2.26. The minimum atomic E-state index is 0.854. The van der Waals surface area contributed by atoms with Gasteiger partial charge in [0, 0.05) is 60.9 Å². The van der Waals surface area contributed by atoms with E-state index in [0.717, 1.165) is 99.6 Å². The molecule has 11 rings (SSSR count). The molecule has 0 saturated heterocycles. The van der Waals surface area contributed by atoms with Crippen molar-refractivity contribution in [3.63, 3.8) is 0 Å². The van der Waals surface area contributed by atoms with Crippen LogP contribution in [-0.2, 0) is 0 Å². The molecule has 4 heteroatoms. The molecule has 3 aromatic heterocycles. The van der Waals surface area contributed by atoms with Gasteiger partial charge in [-0.05, 0) is 71.1 Å². The summed E-state index contributed by atoms with van der Waals surface area (Å²) in [5.74, 6) is 0. The van der Waals surface area contributed by atoms with Crippen molar-refractivity contribution < 1.29 is 8.83 Å². The summed E-state index contributed by atoms with van der Waals surface area (Å²) >= 11 is 0. The first-order chi connectivity index (χ1) is 30.7. The third-order valence-electron chi connectivity index (χ3n) is 11.9. The molecule has 0 unspecified atom stereocenters. The van der Waals surface area contributed by atoms with Gasteiger partial charge < -0.3 is 18.3 Å². The lowest BCUT2D eigenvalue weighted by atomic mass is 9.99. The molecule has 0 bridgehead atoms. The van der Waals surface area contributed by atoms with Gasteiger partial charge in [0.05, 0.1) is 28.7 Å². The van der Waals surface area contributed by atoms with E-state index >= 15 is 0 Å². The summed E-state index contributed by atoms with van der Waals surface area (Å²) in [6, 6.07) is 61.8. The Bertz CT molecular complexity index is 3570. The van der Waals surface area contributed by atoms with Gasteiger partial charge in [-0.25, -0.2) is 0 Å². The molecule has 294 valence electrons. The quantitative estimate of drug-likeness (QED) is 0.129. The number of benzene rings is 8. The van der Waals surface area contributed by atoms with Crippen LogP contribution >= 0.6 is 0 Å². The van der Waals surface area contributed by atoms with E-state index in [0.29, 0.717) is 0 Å². The van der Waals surface area contributed by atoms with Crippen LogP contribution in [0.3, 0.4) is 0 Å². The van der Waals surface area contributed by atoms with Crippen LogP contribution < -0.4 is 4.90 Å². The number of furan rings is 2. The average molecular weight is 797 g/mol. The minimum absolute atomic E-state index is 0.854. The van der Waals surface area contributed by atoms with Crippen molar-refractivity contribution in [3.05, 3.63) is 237 Å². The lowest BCUT2D eigenvalue weighted by Crippen LogP contribution is -2.12. The zero-order valence-electron chi connectivity index (χ0n) is 33.9. The van der Waals surface area contributed by atoms with Crippen molar-refractivity contribution in [2.75, 3.05) is 4.90 Å². The second kappa shape index (κ2) is 15.4. The van der Waals surface area contributed by atoms with Crippen molar-refractivity contribution in [1.82, 2.24) is 4.57 Å². The molecule has 0 amide bonds. The van der Waals surface area contributed by atoms with Gasteiger partial charge in [-0.3, -0.25) is 0 Å². The van der Waals surface area contributed by atoms with Crippen LogP contribution in [0.2, 0.25) is 0 Å². The summed E-state index contributed by atoms with van der Waals surface area (Å²) in [5.41, 5.74) is 12.9. The summed E-state index contributed by atoms with van der Waals surface area (Å²) in [5, 5.41) is 7.88. The summed E-state index contributed by atoms with van der Waals surface area (Å²) in [6.45, 7) is 8.27. The van der Waals surface area contributed by atoms with Gasteiger partial charge in [-0.1, -0.05) is 165 Å². The molecule has 8 aromatic carbocycles. The molecule has 4 nitrogen and oxygen atoms in total. The Hall–Kier alpha value is -8.34. The smallest absolute Gasteiger partial charge is 0.143 e. The van der Waals surface area contributed by atoms with E-state index in [1.165, 1.54) is 10.8 Å². The molecule has 11 aromatic rings. The number of rotatable bonds is 10. The molecular weight excluding hydrogens is 757 g/mol. The van der Waals surface area contributed by atoms with Gasteiger partial charge in [-0.15, -0.1) is 0 Å². The maximum absolute atomic E-state index is 6.92. The Morgan fingerprint density at radius 1 is 0.548 bits per heavy atom. The van der Waals surface area contributed by atoms with Gasteiger partial charge in [0.2, 0.25) is 0 Å². The zero-order chi connectivity index (χ0) is 41.6. The fourth-order valence-electron chi connectivity index (χ4n) is 8.96. The Labute approximate surface area is 359 Å². The highest BCUT2D eigenvalue weighted by Crippen LogP contribution is 2.44. The van der Waals surface area contributed by atoms with Crippen LogP contribution in [0, 0.1) is 0 Å². The van der Waals surface area contributed by atoms with Gasteiger partial charge in [0.1, 0.15) is 16.7 Å². The summed E-state index contributed by atoms with van der Waals surface area (Å²) in [4.78, 5) is 2.29. The Morgan fingerprint density at radius 2 is 1.19 bits per heavy atom. The van der Waals surface area contributed by atoms with Gasteiger partial charge in [-0.2, -0.15) is 0 Å². The second-order valence-electron chi connectivity index (χ2n) is 15.4. The third kappa shape index (κ3) is 6.16. The molecule has 0 aliphatic carbocycles.